The molecule has 1 amide bonds. The second-order valence-electron chi connectivity index (χ2n) is 7.44. The van der Waals surface area contributed by atoms with E-state index in [-0.39, 0.29) is 24.0 Å². The molecule has 1 N–H and O–H groups in total. The van der Waals surface area contributed by atoms with Crippen LogP contribution < -0.4 is 10.2 Å². The van der Waals surface area contributed by atoms with Crippen molar-refractivity contribution in [3.63, 3.8) is 0 Å². The third kappa shape index (κ3) is 6.45. The fraction of sp³-hybridized carbons (Fsp3) is 0.667. The molecule has 29 heavy (non-hydrogen) atoms. The number of hydrogen-bond donors (Lipinski definition) is 1. The SMILES string of the molecule is CCNC(=NCCC(CC)N1CCCC1=O)N1CCN(c2ccccn2)CC1.I. The number of halogens is 1. The number of rotatable bonds is 7. The van der Waals surface area contributed by atoms with E-state index in [1.54, 1.807) is 0 Å². The number of carbonyl (C=O) groups excluding carboxylic acids is 1. The maximum atomic E-state index is 12.0. The molecule has 0 aromatic carbocycles. The van der Waals surface area contributed by atoms with Crippen LogP contribution in [0.15, 0.2) is 29.4 Å². The molecule has 162 valence electrons. The number of aliphatic imine (C=N–C) groups is 1. The van der Waals surface area contributed by atoms with Crippen molar-refractivity contribution in [3.8, 4) is 0 Å². The van der Waals surface area contributed by atoms with E-state index in [0.717, 1.165) is 76.9 Å². The van der Waals surface area contributed by atoms with Crippen molar-refractivity contribution in [1.29, 1.82) is 0 Å². The van der Waals surface area contributed by atoms with Crippen LogP contribution in [0.2, 0.25) is 0 Å². The van der Waals surface area contributed by atoms with Gasteiger partial charge in [0.25, 0.3) is 0 Å². The average Bonchev–Trinajstić information content (AvgIpc) is 3.17. The highest BCUT2D eigenvalue weighted by Crippen LogP contribution is 2.18. The molecule has 2 saturated heterocycles. The second kappa shape index (κ2) is 12.2. The fourth-order valence-corrected chi connectivity index (χ4v) is 4.07. The molecule has 0 saturated carbocycles. The Labute approximate surface area is 192 Å². The van der Waals surface area contributed by atoms with Crippen LogP contribution in [-0.2, 0) is 4.79 Å². The molecule has 0 bridgehead atoms. The summed E-state index contributed by atoms with van der Waals surface area (Å²) >= 11 is 0. The van der Waals surface area contributed by atoms with Gasteiger partial charge >= 0.3 is 0 Å². The van der Waals surface area contributed by atoms with Crippen molar-refractivity contribution in [3.05, 3.63) is 24.4 Å². The summed E-state index contributed by atoms with van der Waals surface area (Å²) in [4.78, 5) is 28.1. The molecule has 8 heteroatoms. The van der Waals surface area contributed by atoms with Gasteiger partial charge in [-0.25, -0.2) is 4.98 Å². The van der Waals surface area contributed by atoms with Crippen LogP contribution in [0.3, 0.4) is 0 Å². The predicted octanol–water partition coefficient (Wildman–Crippen LogP) is 2.58. The highest BCUT2D eigenvalue weighted by Gasteiger charge is 2.26. The van der Waals surface area contributed by atoms with Gasteiger partial charge in [-0.1, -0.05) is 13.0 Å². The number of likely N-dealkylation sites (tertiary alicyclic amines) is 1. The third-order valence-corrected chi connectivity index (χ3v) is 5.63. The Morgan fingerprint density at radius 2 is 2.00 bits per heavy atom. The van der Waals surface area contributed by atoms with E-state index >= 15 is 0 Å². The number of aromatic nitrogens is 1. The van der Waals surface area contributed by atoms with Crippen molar-refractivity contribution in [2.75, 3.05) is 50.7 Å². The lowest BCUT2D eigenvalue weighted by atomic mass is 10.1. The minimum atomic E-state index is 0. The zero-order chi connectivity index (χ0) is 19.8. The van der Waals surface area contributed by atoms with Gasteiger partial charge in [0.1, 0.15) is 5.82 Å². The molecule has 1 aromatic rings. The first-order valence-corrected chi connectivity index (χ1v) is 10.7. The molecular weight excluding hydrogens is 479 g/mol. The monoisotopic (exact) mass is 514 g/mol. The normalized spacial score (nSPS) is 18.6. The summed E-state index contributed by atoms with van der Waals surface area (Å²) in [6.45, 7) is 10.6. The molecule has 1 unspecified atom stereocenters. The number of piperazine rings is 1. The van der Waals surface area contributed by atoms with Crippen LogP contribution in [0, 0.1) is 0 Å². The second-order valence-corrected chi connectivity index (χ2v) is 7.44. The van der Waals surface area contributed by atoms with Gasteiger partial charge in [0.15, 0.2) is 5.96 Å². The lowest BCUT2D eigenvalue weighted by Gasteiger charge is -2.37. The smallest absolute Gasteiger partial charge is 0.222 e. The van der Waals surface area contributed by atoms with E-state index < -0.39 is 0 Å². The van der Waals surface area contributed by atoms with E-state index in [9.17, 15) is 4.79 Å². The van der Waals surface area contributed by atoms with E-state index in [1.807, 2.05) is 18.3 Å². The number of pyridine rings is 1. The van der Waals surface area contributed by atoms with Gasteiger partial charge in [0.2, 0.25) is 5.91 Å². The molecule has 2 aliphatic rings. The van der Waals surface area contributed by atoms with Crippen molar-refractivity contribution in [2.45, 2.75) is 45.6 Å². The van der Waals surface area contributed by atoms with Crippen molar-refractivity contribution < 1.29 is 4.79 Å². The minimum Gasteiger partial charge on any atom is -0.357 e. The maximum absolute atomic E-state index is 12.0. The highest BCUT2D eigenvalue weighted by atomic mass is 127. The van der Waals surface area contributed by atoms with E-state index in [1.165, 1.54) is 0 Å². The van der Waals surface area contributed by atoms with Crippen molar-refractivity contribution >= 4 is 41.7 Å². The van der Waals surface area contributed by atoms with E-state index in [4.69, 9.17) is 4.99 Å². The summed E-state index contributed by atoms with van der Waals surface area (Å²) in [5.74, 6) is 2.35. The number of carbonyl (C=O) groups is 1. The van der Waals surface area contributed by atoms with Crippen molar-refractivity contribution in [1.82, 2.24) is 20.1 Å². The summed E-state index contributed by atoms with van der Waals surface area (Å²) in [5, 5.41) is 3.44. The Hall–Kier alpha value is -1.58. The minimum absolute atomic E-state index is 0. The maximum Gasteiger partial charge on any atom is 0.222 e. The van der Waals surface area contributed by atoms with E-state index in [0.29, 0.717) is 18.4 Å². The molecule has 0 radical (unpaired) electrons. The molecule has 3 rings (SSSR count). The molecule has 2 fully saturated rings. The third-order valence-electron chi connectivity index (χ3n) is 5.63. The number of guanidine groups is 1. The number of nitrogens with one attached hydrogen (secondary N) is 1. The lowest BCUT2D eigenvalue weighted by molar-refractivity contribution is -0.129. The summed E-state index contributed by atoms with van der Waals surface area (Å²) in [6.07, 6.45) is 5.50. The van der Waals surface area contributed by atoms with Crippen LogP contribution in [0.4, 0.5) is 5.82 Å². The van der Waals surface area contributed by atoms with E-state index in [2.05, 4.69) is 44.9 Å². The summed E-state index contributed by atoms with van der Waals surface area (Å²) in [7, 11) is 0. The Bertz CT molecular complexity index is 648. The number of anilines is 1. The van der Waals surface area contributed by atoms with Crippen LogP contribution in [0.5, 0.6) is 0 Å². The molecule has 1 aromatic heterocycles. The number of nitrogens with zero attached hydrogens (tertiary/aromatic N) is 5. The van der Waals surface area contributed by atoms with Crippen molar-refractivity contribution in [2.24, 2.45) is 4.99 Å². The Kier molecular flexibility index (Phi) is 9.96. The van der Waals surface area contributed by atoms with Gasteiger partial charge in [-0.2, -0.15) is 0 Å². The highest BCUT2D eigenvalue weighted by molar-refractivity contribution is 14.0. The molecule has 0 spiro atoms. The topological polar surface area (TPSA) is 64.1 Å². The van der Waals surface area contributed by atoms with Gasteiger partial charge in [-0.05, 0) is 38.3 Å². The first-order chi connectivity index (χ1) is 13.7. The summed E-state index contributed by atoms with van der Waals surface area (Å²) in [5.41, 5.74) is 0. The largest absolute Gasteiger partial charge is 0.357 e. The average molecular weight is 514 g/mol. The van der Waals surface area contributed by atoms with Crippen LogP contribution in [-0.4, -0.2) is 78.5 Å². The quantitative estimate of drug-likeness (QED) is 0.345. The molecule has 0 aliphatic carbocycles. The Morgan fingerprint density at radius 3 is 2.59 bits per heavy atom. The van der Waals surface area contributed by atoms with Crippen LogP contribution in [0.1, 0.15) is 39.5 Å². The van der Waals surface area contributed by atoms with Gasteiger partial charge in [-0.3, -0.25) is 9.79 Å². The van der Waals surface area contributed by atoms with Gasteiger partial charge < -0.3 is 20.0 Å². The van der Waals surface area contributed by atoms with Gasteiger partial charge in [-0.15, -0.1) is 24.0 Å². The van der Waals surface area contributed by atoms with Gasteiger partial charge in [0.05, 0.1) is 0 Å². The molecular formula is C21H35IN6O. The van der Waals surface area contributed by atoms with Crippen LogP contribution >= 0.6 is 24.0 Å². The first kappa shape index (κ1) is 23.7. The standard InChI is InChI=1S/C21H34N6O.HI/c1-3-18(27-13-7-9-20(27)28)10-12-24-21(22-4-2)26-16-14-25(15-17-26)19-8-5-6-11-23-19;/h5-6,8,11,18H,3-4,7,9-10,12-17H2,1-2H3,(H,22,24);1H. The predicted molar refractivity (Wildman–Crippen MR) is 129 cm³/mol. The zero-order valence-corrected chi connectivity index (χ0v) is 20.0. The fourth-order valence-electron chi connectivity index (χ4n) is 4.07. The number of amides is 1. The lowest BCUT2D eigenvalue weighted by Crippen LogP contribution is -2.52. The van der Waals surface area contributed by atoms with Crippen LogP contribution in [0.25, 0.3) is 0 Å². The van der Waals surface area contributed by atoms with Gasteiger partial charge in [0, 0.05) is 64.5 Å². The number of hydrogen-bond acceptors (Lipinski definition) is 4. The molecule has 2 aliphatic heterocycles. The Morgan fingerprint density at radius 1 is 1.21 bits per heavy atom. The molecule has 7 nitrogen and oxygen atoms in total. The Balaban J connectivity index is 0.00000300. The summed E-state index contributed by atoms with van der Waals surface area (Å²) in [6, 6.07) is 6.38. The zero-order valence-electron chi connectivity index (χ0n) is 17.7. The first-order valence-electron chi connectivity index (χ1n) is 10.7. The molecule has 3 heterocycles. The molecule has 1 atom stereocenters. The summed E-state index contributed by atoms with van der Waals surface area (Å²) < 4.78 is 0.